The van der Waals surface area contributed by atoms with Gasteiger partial charge in [0.2, 0.25) is 5.89 Å². The summed E-state index contributed by atoms with van der Waals surface area (Å²) in [5.74, 6) is -0.235. The highest BCUT2D eigenvalue weighted by atomic mass is 35.5. The molecule has 160 valence electrons. The van der Waals surface area contributed by atoms with Crippen LogP contribution in [0.3, 0.4) is 0 Å². The number of fused-ring (bicyclic) bond motifs is 1. The molecule has 0 radical (unpaired) electrons. The van der Waals surface area contributed by atoms with Crippen LogP contribution in [0.15, 0.2) is 59.1 Å². The first kappa shape index (κ1) is 21.3. The molecule has 0 fully saturated rings. The average molecular weight is 468 g/mol. The molecule has 0 atom stereocenters. The fourth-order valence-electron chi connectivity index (χ4n) is 3.04. The van der Waals surface area contributed by atoms with Gasteiger partial charge in [-0.2, -0.15) is 4.98 Å². The molecule has 0 aliphatic heterocycles. The van der Waals surface area contributed by atoms with E-state index in [1.54, 1.807) is 36.5 Å². The minimum atomic E-state index is -0.582. The van der Waals surface area contributed by atoms with E-state index in [1.165, 1.54) is 25.1 Å². The number of benzene rings is 2. The summed E-state index contributed by atoms with van der Waals surface area (Å²) < 4.78 is 5.72. The molecule has 0 saturated carbocycles. The Balaban J connectivity index is 1.53. The number of hydrogen-bond acceptors (Lipinski definition) is 7. The highest BCUT2D eigenvalue weighted by Crippen LogP contribution is 2.30. The minimum absolute atomic E-state index is 0.0285. The van der Waals surface area contributed by atoms with E-state index in [-0.39, 0.29) is 21.9 Å². The van der Waals surface area contributed by atoms with Crippen molar-refractivity contribution in [3.8, 4) is 11.5 Å². The van der Waals surface area contributed by atoms with Crippen LogP contribution in [0.5, 0.6) is 0 Å². The first-order valence-electron chi connectivity index (χ1n) is 9.21. The number of amides is 1. The molecule has 0 aliphatic carbocycles. The van der Waals surface area contributed by atoms with Gasteiger partial charge in [-0.1, -0.05) is 17.7 Å². The monoisotopic (exact) mass is 467 g/mol. The van der Waals surface area contributed by atoms with E-state index in [1.807, 2.05) is 0 Å². The molecular formula is C21H14ClN5O4S. The van der Waals surface area contributed by atoms with Gasteiger partial charge in [-0.15, -0.1) is 0 Å². The lowest BCUT2D eigenvalue weighted by Crippen LogP contribution is -2.34. The fraction of sp³-hybridized carbons (Fsp3) is 0.0476. The minimum Gasteiger partial charge on any atom is -0.434 e. The van der Waals surface area contributed by atoms with Crippen molar-refractivity contribution in [1.29, 1.82) is 0 Å². The Morgan fingerprint density at radius 2 is 2.03 bits per heavy atom. The Kier molecular flexibility index (Phi) is 5.80. The lowest BCUT2D eigenvalue weighted by molar-refractivity contribution is -0.385. The van der Waals surface area contributed by atoms with Crippen molar-refractivity contribution >= 4 is 57.4 Å². The van der Waals surface area contributed by atoms with Gasteiger partial charge < -0.3 is 9.73 Å². The van der Waals surface area contributed by atoms with Crippen molar-refractivity contribution < 1.29 is 14.1 Å². The number of anilines is 1. The summed E-state index contributed by atoms with van der Waals surface area (Å²) in [4.78, 5) is 31.6. The first-order valence-corrected chi connectivity index (χ1v) is 10.00. The third-order valence-corrected chi connectivity index (χ3v) is 5.13. The Bertz CT molecular complexity index is 1350. The van der Waals surface area contributed by atoms with Crippen LogP contribution in [0, 0.1) is 17.0 Å². The number of nitrogens with zero attached hydrogens (tertiary/aromatic N) is 3. The van der Waals surface area contributed by atoms with Crippen LogP contribution in [0.1, 0.15) is 15.9 Å². The fourth-order valence-corrected chi connectivity index (χ4v) is 3.41. The average Bonchev–Trinajstić information content (AvgIpc) is 3.19. The summed E-state index contributed by atoms with van der Waals surface area (Å²) >= 11 is 11.5. The van der Waals surface area contributed by atoms with Crippen molar-refractivity contribution in [1.82, 2.24) is 15.3 Å². The second-order valence-electron chi connectivity index (χ2n) is 6.65. The number of thiocarbonyl (C=S) groups is 1. The van der Waals surface area contributed by atoms with Gasteiger partial charge in [0, 0.05) is 29.0 Å². The maximum absolute atomic E-state index is 12.6. The standard InChI is InChI=1S/C21H14ClN5O4S/c1-11-13(4-2-5-16(11)27(29)30)19(28)26-21(32)24-15-10-12(7-8-14(15)22)20-25-18-17(31-20)6-3-9-23-18/h2-10H,1H3,(H2,24,26,28,32). The van der Waals surface area contributed by atoms with Gasteiger partial charge in [-0.25, -0.2) is 4.98 Å². The molecule has 0 aliphatic rings. The highest BCUT2D eigenvalue weighted by molar-refractivity contribution is 7.80. The van der Waals surface area contributed by atoms with Gasteiger partial charge in [0.1, 0.15) is 0 Å². The Morgan fingerprint density at radius 3 is 2.78 bits per heavy atom. The maximum Gasteiger partial charge on any atom is 0.273 e. The van der Waals surface area contributed by atoms with Crippen LogP contribution < -0.4 is 10.6 Å². The summed E-state index contributed by atoms with van der Waals surface area (Å²) in [6, 6.07) is 12.8. The zero-order valence-electron chi connectivity index (χ0n) is 16.5. The predicted molar refractivity (Wildman–Crippen MR) is 124 cm³/mol. The van der Waals surface area contributed by atoms with E-state index in [2.05, 4.69) is 20.6 Å². The lowest BCUT2D eigenvalue weighted by Gasteiger charge is -2.12. The number of pyridine rings is 1. The van der Waals surface area contributed by atoms with Gasteiger partial charge >= 0.3 is 0 Å². The molecule has 0 bridgehead atoms. The number of hydrogen-bond donors (Lipinski definition) is 2. The molecule has 2 N–H and O–H groups in total. The zero-order valence-corrected chi connectivity index (χ0v) is 18.0. The number of nitrogens with one attached hydrogen (secondary N) is 2. The molecule has 9 nitrogen and oxygen atoms in total. The molecule has 2 heterocycles. The Morgan fingerprint density at radius 1 is 1.22 bits per heavy atom. The van der Waals surface area contributed by atoms with E-state index in [0.717, 1.165) is 0 Å². The van der Waals surface area contributed by atoms with Gasteiger partial charge in [0.15, 0.2) is 16.3 Å². The number of halogens is 1. The number of oxazole rings is 1. The molecule has 1 amide bonds. The van der Waals surface area contributed by atoms with Gasteiger partial charge in [-0.05, 0) is 55.5 Å². The highest BCUT2D eigenvalue weighted by Gasteiger charge is 2.19. The largest absolute Gasteiger partial charge is 0.434 e. The number of aromatic nitrogens is 2. The predicted octanol–water partition coefficient (Wildman–Crippen LogP) is 4.89. The van der Waals surface area contributed by atoms with Gasteiger partial charge in [0.05, 0.1) is 15.6 Å². The zero-order chi connectivity index (χ0) is 22.8. The number of nitro benzene ring substituents is 1. The second kappa shape index (κ2) is 8.69. The molecule has 32 heavy (non-hydrogen) atoms. The molecule has 2 aromatic heterocycles. The number of rotatable bonds is 4. The maximum atomic E-state index is 12.6. The van der Waals surface area contributed by atoms with E-state index >= 15 is 0 Å². The summed E-state index contributed by atoms with van der Waals surface area (Å²) in [5, 5.41) is 16.8. The quantitative estimate of drug-likeness (QED) is 0.247. The smallest absolute Gasteiger partial charge is 0.273 e. The van der Waals surface area contributed by atoms with Crippen LogP contribution in [0.2, 0.25) is 5.02 Å². The van der Waals surface area contributed by atoms with Crippen molar-refractivity contribution in [3.05, 3.63) is 81.0 Å². The molecular weight excluding hydrogens is 454 g/mol. The first-order chi connectivity index (χ1) is 15.3. The van der Waals surface area contributed by atoms with E-state index in [4.69, 9.17) is 28.2 Å². The second-order valence-corrected chi connectivity index (χ2v) is 7.47. The molecule has 2 aromatic carbocycles. The topological polar surface area (TPSA) is 123 Å². The number of carbonyl (C=O) groups excluding carboxylic acids is 1. The van der Waals surface area contributed by atoms with Crippen LogP contribution in [0.25, 0.3) is 22.7 Å². The van der Waals surface area contributed by atoms with Gasteiger partial charge in [-0.3, -0.25) is 20.2 Å². The van der Waals surface area contributed by atoms with Crippen molar-refractivity contribution in [2.45, 2.75) is 6.92 Å². The van der Waals surface area contributed by atoms with Crippen LogP contribution in [-0.2, 0) is 0 Å². The Labute approximate surface area is 191 Å². The van der Waals surface area contributed by atoms with Crippen LogP contribution in [-0.4, -0.2) is 25.9 Å². The summed E-state index contributed by atoms with van der Waals surface area (Å²) in [7, 11) is 0. The Hall–Kier alpha value is -3.89. The third kappa shape index (κ3) is 4.27. The molecule has 0 spiro atoms. The number of nitro groups is 1. The molecule has 0 unspecified atom stereocenters. The normalized spacial score (nSPS) is 10.7. The van der Waals surface area contributed by atoms with Crippen LogP contribution in [0.4, 0.5) is 11.4 Å². The molecule has 4 rings (SSSR count). The van der Waals surface area contributed by atoms with Gasteiger partial charge in [0.25, 0.3) is 11.6 Å². The molecule has 11 heteroatoms. The molecule has 0 saturated heterocycles. The summed E-state index contributed by atoms with van der Waals surface area (Å²) in [5.41, 5.74) is 2.29. The summed E-state index contributed by atoms with van der Waals surface area (Å²) in [6.45, 7) is 1.50. The lowest BCUT2D eigenvalue weighted by atomic mass is 10.1. The van der Waals surface area contributed by atoms with Crippen molar-refractivity contribution in [2.75, 3.05) is 5.32 Å². The van der Waals surface area contributed by atoms with Crippen LogP contribution >= 0.6 is 23.8 Å². The number of carbonyl (C=O) groups is 1. The third-order valence-electron chi connectivity index (χ3n) is 4.60. The molecule has 4 aromatic rings. The van der Waals surface area contributed by atoms with Crippen molar-refractivity contribution in [3.63, 3.8) is 0 Å². The SMILES string of the molecule is Cc1c(C(=O)NC(=S)Nc2cc(-c3nc4ncccc4o3)ccc2Cl)cccc1[N+](=O)[O-]. The van der Waals surface area contributed by atoms with E-state index in [9.17, 15) is 14.9 Å². The summed E-state index contributed by atoms with van der Waals surface area (Å²) in [6.07, 6.45) is 1.62. The van der Waals surface area contributed by atoms with Crippen molar-refractivity contribution in [2.24, 2.45) is 0 Å². The van der Waals surface area contributed by atoms with E-state index < -0.39 is 10.8 Å². The van der Waals surface area contributed by atoms with E-state index in [0.29, 0.717) is 33.4 Å².